The van der Waals surface area contributed by atoms with E-state index in [-0.39, 0.29) is 5.02 Å². The number of benzene rings is 2. The molecule has 2 aromatic carbocycles. The van der Waals surface area contributed by atoms with Gasteiger partial charge in [0.1, 0.15) is 17.3 Å². The van der Waals surface area contributed by atoms with Gasteiger partial charge in [-0.15, -0.1) is 11.6 Å². The lowest BCUT2D eigenvalue weighted by Gasteiger charge is -2.16. The zero-order chi connectivity index (χ0) is 14.7. The van der Waals surface area contributed by atoms with Crippen LogP contribution in [0.3, 0.4) is 0 Å². The summed E-state index contributed by atoms with van der Waals surface area (Å²) in [7, 11) is 3.13. The average molecular weight is 315 g/mol. The Morgan fingerprint density at radius 3 is 2.35 bits per heavy atom. The summed E-state index contributed by atoms with van der Waals surface area (Å²) in [5.74, 6) is 0.871. The molecule has 2 aromatic rings. The molecule has 0 N–H and O–H groups in total. The molecule has 1 atom stereocenters. The van der Waals surface area contributed by atoms with E-state index in [0.717, 1.165) is 0 Å². The van der Waals surface area contributed by atoms with Crippen molar-refractivity contribution in [3.8, 4) is 11.5 Å². The van der Waals surface area contributed by atoms with E-state index in [1.807, 2.05) is 0 Å². The highest BCUT2D eigenvalue weighted by Crippen LogP contribution is 2.39. The fraction of sp³-hybridized carbons (Fsp3) is 0.200. The van der Waals surface area contributed by atoms with Crippen LogP contribution in [-0.2, 0) is 0 Å². The predicted molar refractivity (Wildman–Crippen MR) is 78.7 cm³/mol. The highest BCUT2D eigenvalue weighted by molar-refractivity contribution is 6.33. The van der Waals surface area contributed by atoms with Crippen molar-refractivity contribution in [3.63, 3.8) is 0 Å². The molecule has 20 heavy (non-hydrogen) atoms. The normalized spacial score (nSPS) is 12.1. The monoisotopic (exact) mass is 314 g/mol. The van der Waals surface area contributed by atoms with Gasteiger partial charge in [0.2, 0.25) is 0 Å². The summed E-state index contributed by atoms with van der Waals surface area (Å²) in [5, 5.41) is -0.289. The Bertz CT molecular complexity index is 617. The number of hydrogen-bond acceptors (Lipinski definition) is 2. The fourth-order valence-corrected chi connectivity index (χ4v) is 2.61. The summed E-state index contributed by atoms with van der Waals surface area (Å²) < 4.78 is 23.6. The molecule has 2 nitrogen and oxygen atoms in total. The first-order valence-electron chi connectivity index (χ1n) is 5.87. The van der Waals surface area contributed by atoms with Crippen molar-refractivity contribution in [3.05, 3.63) is 58.4 Å². The van der Waals surface area contributed by atoms with Crippen molar-refractivity contribution < 1.29 is 13.9 Å². The van der Waals surface area contributed by atoms with Gasteiger partial charge in [-0.05, 0) is 35.9 Å². The Kier molecular flexibility index (Phi) is 4.73. The summed E-state index contributed by atoms with van der Waals surface area (Å²) in [6.07, 6.45) is 0. The minimum atomic E-state index is -0.562. The molecule has 0 saturated heterocycles. The van der Waals surface area contributed by atoms with Crippen LogP contribution in [0.5, 0.6) is 11.5 Å². The highest BCUT2D eigenvalue weighted by Gasteiger charge is 2.19. The molecule has 106 valence electrons. The molecule has 0 amide bonds. The SMILES string of the molecule is COc1ccc(OC)c(C(Cl)c2ccc(F)cc2Cl)c1. The lowest BCUT2D eigenvalue weighted by atomic mass is 10.0. The van der Waals surface area contributed by atoms with Crippen LogP contribution in [0.15, 0.2) is 36.4 Å². The van der Waals surface area contributed by atoms with E-state index in [0.29, 0.717) is 22.6 Å². The Labute approximate surface area is 127 Å². The molecular weight excluding hydrogens is 302 g/mol. The van der Waals surface area contributed by atoms with Crippen molar-refractivity contribution in [1.29, 1.82) is 0 Å². The molecule has 1 unspecified atom stereocenters. The number of halogens is 3. The Morgan fingerprint density at radius 1 is 1.00 bits per heavy atom. The minimum Gasteiger partial charge on any atom is -0.497 e. The van der Waals surface area contributed by atoms with Gasteiger partial charge in [0, 0.05) is 10.6 Å². The molecule has 5 heteroatoms. The van der Waals surface area contributed by atoms with E-state index >= 15 is 0 Å². The third kappa shape index (κ3) is 3.00. The maximum absolute atomic E-state index is 13.1. The molecule has 0 aliphatic carbocycles. The number of rotatable bonds is 4. The molecule has 0 fully saturated rings. The van der Waals surface area contributed by atoms with Gasteiger partial charge in [-0.2, -0.15) is 0 Å². The maximum Gasteiger partial charge on any atom is 0.124 e. The van der Waals surface area contributed by atoms with Crippen LogP contribution in [0.1, 0.15) is 16.5 Å². The van der Waals surface area contributed by atoms with Gasteiger partial charge in [0.25, 0.3) is 0 Å². The van der Waals surface area contributed by atoms with E-state index in [1.54, 1.807) is 38.5 Å². The average Bonchev–Trinajstić information content (AvgIpc) is 2.46. The van der Waals surface area contributed by atoms with E-state index in [1.165, 1.54) is 12.1 Å². The van der Waals surface area contributed by atoms with E-state index in [4.69, 9.17) is 32.7 Å². The number of ether oxygens (including phenoxy) is 2. The first-order valence-corrected chi connectivity index (χ1v) is 6.69. The topological polar surface area (TPSA) is 18.5 Å². The van der Waals surface area contributed by atoms with Gasteiger partial charge in [-0.1, -0.05) is 17.7 Å². The first kappa shape index (κ1) is 14.9. The van der Waals surface area contributed by atoms with E-state index in [9.17, 15) is 4.39 Å². The molecule has 2 rings (SSSR count). The molecule has 0 aliphatic heterocycles. The summed E-state index contributed by atoms with van der Waals surface area (Å²) in [5.41, 5.74) is 1.32. The predicted octanol–water partition coefficient (Wildman–Crippen LogP) is 4.82. The molecule has 0 radical (unpaired) electrons. The largest absolute Gasteiger partial charge is 0.497 e. The zero-order valence-corrected chi connectivity index (χ0v) is 12.5. The lowest BCUT2D eigenvalue weighted by molar-refractivity contribution is 0.399. The smallest absolute Gasteiger partial charge is 0.124 e. The van der Waals surface area contributed by atoms with Crippen molar-refractivity contribution >= 4 is 23.2 Å². The third-order valence-electron chi connectivity index (χ3n) is 2.95. The summed E-state index contributed by atoms with van der Waals surface area (Å²) in [6, 6.07) is 9.44. The lowest BCUT2D eigenvalue weighted by Crippen LogP contribution is -1.99. The minimum absolute atomic E-state index is 0.273. The molecule has 0 heterocycles. The fourth-order valence-electron chi connectivity index (χ4n) is 1.91. The maximum atomic E-state index is 13.1. The van der Waals surface area contributed by atoms with Crippen LogP contribution >= 0.6 is 23.2 Å². The summed E-state index contributed by atoms with van der Waals surface area (Å²) in [4.78, 5) is 0. The molecule has 0 aliphatic rings. The molecule has 0 aromatic heterocycles. The summed E-state index contributed by atoms with van der Waals surface area (Å²) >= 11 is 12.5. The van der Waals surface area contributed by atoms with Gasteiger partial charge >= 0.3 is 0 Å². The summed E-state index contributed by atoms with van der Waals surface area (Å²) in [6.45, 7) is 0. The van der Waals surface area contributed by atoms with Crippen molar-refractivity contribution in [1.82, 2.24) is 0 Å². The van der Waals surface area contributed by atoms with Crippen LogP contribution in [0.2, 0.25) is 5.02 Å². The molecule has 0 saturated carbocycles. The van der Waals surface area contributed by atoms with Crippen molar-refractivity contribution in [2.45, 2.75) is 5.38 Å². The molecule has 0 spiro atoms. The van der Waals surface area contributed by atoms with Crippen LogP contribution in [0.4, 0.5) is 4.39 Å². The van der Waals surface area contributed by atoms with Crippen LogP contribution in [0.25, 0.3) is 0 Å². The first-order chi connectivity index (χ1) is 9.56. The number of methoxy groups -OCH3 is 2. The Morgan fingerprint density at radius 2 is 1.75 bits per heavy atom. The van der Waals surface area contributed by atoms with Crippen LogP contribution in [-0.4, -0.2) is 14.2 Å². The van der Waals surface area contributed by atoms with Gasteiger partial charge < -0.3 is 9.47 Å². The molecule has 0 bridgehead atoms. The second-order valence-electron chi connectivity index (χ2n) is 4.14. The highest BCUT2D eigenvalue weighted by atomic mass is 35.5. The second kappa shape index (κ2) is 6.33. The van der Waals surface area contributed by atoms with Gasteiger partial charge in [0.05, 0.1) is 19.6 Å². The van der Waals surface area contributed by atoms with Crippen molar-refractivity contribution in [2.75, 3.05) is 14.2 Å². The van der Waals surface area contributed by atoms with E-state index in [2.05, 4.69) is 0 Å². The van der Waals surface area contributed by atoms with Gasteiger partial charge in [-0.3, -0.25) is 0 Å². The number of alkyl halides is 1. The van der Waals surface area contributed by atoms with Gasteiger partial charge in [0.15, 0.2) is 0 Å². The van der Waals surface area contributed by atoms with E-state index < -0.39 is 11.2 Å². The molecular formula is C15H13Cl2FO2. The zero-order valence-electron chi connectivity index (χ0n) is 11.0. The third-order valence-corrected chi connectivity index (χ3v) is 3.74. The standard InChI is InChI=1S/C15H13Cl2FO2/c1-19-10-4-6-14(20-2)12(8-10)15(17)11-5-3-9(18)7-13(11)16/h3-8,15H,1-2H3. The van der Waals surface area contributed by atoms with Gasteiger partial charge in [-0.25, -0.2) is 4.39 Å². The quantitative estimate of drug-likeness (QED) is 0.753. The van der Waals surface area contributed by atoms with Crippen molar-refractivity contribution in [2.24, 2.45) is 0 Å². The second-order valence-corrected chi connectivity index (χ2v) is 4.98. The Hall–Kier alpha value is -1.45. The van der Waals surface area contributed by atoms with Crippen LogP contribution in [0, 0.1) is 5.82 Å². The Balaban J connectivity index is 2.48. The van der Waals surface area contributed by atoms with Crippen LogP contribution < -0.4 is 9.47 Å². The number of hydrogen-bond donors (Lipinski definition) is 0.